The number of hydrogen-bond acceptors (Lipinski definition) is 5. The second-order valence-corrected chi connectivity index (χ2v) is 7.55. The van der Waals surface area contributed by atoms with E-state index in [0.717, 1.165) is 21.9 Å². The minimum absolute atomic E-state index is 0.126. The van der Waals surface area contributed by atoms with Crippen LogP contribution in [0.2, 0.25) is 0 Å². The fourth-order valence-corrected chi connectivity index (χ4v) is 4.04. The number of carbonyl (C=O) groups excluding carboxylic acids is 3. The van der Waals surface area contributed by atoms with Crippen molar-refractivity contribution in [1.29, 1.82) is 0 Å². The van der Waals surface area contributed by atoms with Crippen LogP contribution in [0.3, 0.4) is 0 Å². The van der Waals surface area contributed by atoms with E-state index >= 15 is 0 Å². The van der Waals surface area contributed by atoms with Crippen molar-refractivity contribution in [2.24, 2.45) is 0 Å². The lowest BCUT2D eigenvalue weighted by Gasteiger charge is -2.36. The van der Waals surface area contributed by atoms with Gasteiger partial charge in [0.1, 0.15) is 12.3 Å². The van der Waals surface area contributed by atoms with Crippen LogP contribution in [0, 0.1) is 0 Å². The zero-order chi connectivity index (χ0) is 21.1. The van der Waals surface area contributed by atoms with Gasteiger partial charge in [-0.3, -0.25) is 19.3 Å². The highest BCUT2D eigenvalue weighted by molar-refractivity contribution is 6.08. The number of nitrogens with zero attached hydrogens (tertiary/aromatic N) is 3. The number of piperazine rings is 1. The van der Waals surface area contributed by atoms with Gasteiger partial charge in [-0.1, -0.05) is 30.3 Å². The predicted molar refractivity (Wildman–Crippen MR) is 112 cm³/mol. The van der Waals surface area contributed by atoms with E-state index in [4.69, 9.17) is 4.74 Å². The molecule has 0 spiro atoms. The molecule has 0 aromatic heterocycles. The first kappa shape index (κ1) is 19.9. The Labute approximate surface area is 175 Å². The van der Waals surface area contributed by atoms with Crippen LogP contribution >= 0.6 is 0 Å². The van der Waals surface area contributed by atoms with Gasteiger partial charge in [-0.15, -0.1) is 0 Å². The van der Waals surface area contributed by atoms with E-state index in [2.05, 4.69) is 4.90 Å². The smallest absolute Gasteiger partial charge is 0.242 e. The molecule has 2 aliphatic heterocycles. The van der Waals surface area contributed by atoms with Gasteiger partial charge in [0.05, 0.1) is 13.0 Å². The Bertz CT molecular complexity index is 921. The molecule has 2 aliphatic rings. The first-order valence-corrected chi connectivity index (χ1v) is 10.1. The van der Waals surface area contributed by atoms with Gasteiger partial charge >= 0.3 is 0 Å². The third-order valence-corrected chi connectivity index (χ3v) is 5.81. The van der Waals surface area contributed by atoms with Gasteiger partial charge in [0.2, 0.25) is 17.7 Å². The van der Waals surface area contributed by atoms with Crippen molar-refractivity contribution in [1.82, 2.24) is 9.80 Å². The summed E-state index contributed by atoms with van der Waals surface area (Å²) in [4.78, 5) is 43.0. The first-order valence-electron chi connectivity index (χ1n) is 10.1. The van der Waals surface area contributed by atoms with Crippen molar-refractivity contribution >= 4 is 23.4 Å². The SMILES string of the molecule is COc1ccc(N2CCN(C(=O)CN3C(=O)C[C@@H](c4ccccc4)C3=O)CC2)cc1. The standard InChI is InChI=1S/C23H25N3O4/c1-30-19-9-7-18(8-10-19)24-11-13-25(14-12-24)22(28)16-26-21(27)15-20(23(26)29)17-5-3-2-4-6-17/h2-10,20H,11-16H2,1H3/t20-/m0/s1. The van der Waals surface area contributed by atoms with Crippen LogP contribution in [0.1, 0.15) is 17.9 Å². The number of anilines is 1. The van der Waals surface area contributed by atoms with Gasteiger partial charge in [-0.2, -0.15) is 0 Å². The van der Waals surface area contributed by atoms with Gasteiger partial charge < -0.3 is 14.5 Å². The van der Waals surface area contributed by atoms with Crippen molar-refractivity contribution in [2.75, 3.05) is 44.7 Å². The number of benzene rings is 2. The molecule has 2 aromatic rings. The van der Waals surface area contributed by atoms with E-state index in [1.54, 1.807) is 12.0 Å². The second-order valence-electron chi connectivity index (χ2n) is 7.55. The average Bonchev–Trinajstić information content (AvgIpc) is 3.08. The number of carbonyl (C=O) groups is 3. The van der Waals surface area contributed by atoms with E-state index < -0.39 is 5.92 Å². The highest BCUT2D eigenvalue weighted by Crippen LogP contribution is 2.29. The number of amides is 3. The highest BCUT2D eigenvalue weighted by atomic mass is 16.5. The topological polar surface area (TPSA) is 70.2 Å². The summed E-state index contributed by atoms with van der Waals surface area (Å²) < 4.78 is 5.19. The van der Waals surface area contributed by atoms with Gasteiger partial charge in [0, 0.05) is 38.3 Å². The van der Waals surface area contributed by atoms with Crippen molar-refractivity contribution in [2.45, 2.75) is 12.3 Å². The molecule has 0 aliphatic carbocycles. The number of methoxy groups -OCH3 is 1. The number of rotatable bonds is 5. The Morgan fingerprint density at radius 1 is 0.967 bits per heavy atom. The summed E-state index contributed by atoms with van der Waals surface area (Å²) in [6.07, 6.45) is 0.126. The zero-order valence-corrected chi connectivity index (χ0v) is 17.0. The van der Waals surface area contributed by atoms with E-state index in [0.29, 0.717) is 26.2 Å². The molecule has 2 fully saturated rings. The Kier molecular flexibility index (Phi) is 5.70. The number of imide groups is 1. The summed E-state index contributed by atoms with van der Waals surface area (Å²) in [5.74, 6) is -0.421. The summed E-state index contributed by atoms with van der Waals surface area (Å²) in [7, 11) is 1.64. The molecular formula is C23H25N3O4. The highest BCUT2D eigenvalue weighted by Gasteiger charge is 2.40. The van der Waals surface area contributed by atoms with Crippen LogP contribution in [0.25, 0.3) is 0 Å². The lowest BCUT2D eigenvalue weighted by Crippen LogP contribution is -2.52. The van der Waals surface area contributed by atoms with E-state index in [9.17, 15) is 14.4 Å². The number of likely N-dealkylation sites (tertiary alicyclic amines) is 1. The summed E-state index contributed by atoms with van der Waals surface area (Å²) >= 11 is 0. The average molecular weight is 407 g/mol. The molecule has 0 saturated carbocycles. The fourth-order valence-electron chi connectivity index (χ4n) is 4.04. The van der Waals surface area contributed by atoms with Crippen LogP contribution in [0.4, 0.5) is 5.69 Å². The van der Waals surface area contributed by atoms with Crippen molar-refractivity contribution < 1.29 is 19.1 Å². The Morgan fingerprint density at radius 2 is 1.63 bits per heavy atom. The minimum Gasteiger partial charge on any atom is -0.497 e. The molecule has 0 N–H and O–H groups in total. The zero-order valence-electron chi connectivity index (χ0n) is 17.0. The number of hydrogen-bond donors (Lipinski definition) is 0. The normalized spacial score (nSPS) is 19.4. The maximum absolute atomic E-state index is 12.8. The molecule has 0 bridgehead atoms. The third kappa shape index (κ3) is 4.01. The summed E-state index contributed by atoms with van der Waals surface area (Å²) in [6, 6.07) is 17.1. The van der Waals surface area contributed by atoms with E-state index in [1.165, 1.54) is 0 Å². The molecule has 2 saturated heterocycles. The molecule has 156 valence electrons. The quantitative estimate of drug-likeness (QED) is 0.708. The summed E-state index contributed by atoms with van der Waals surface area (Å²) in [5, 5.41) is 0. The van der Waals surface area contributed by atoms with E-state index in [-0.39, 0.29) is 30.7 Å². The van der Waals surface area contributed by atoms with E-state index in [1.807, 2.05) is 54.6 Å². The van der Waals surface area contributed by atoms with Crippen LogP contribution in [0.5, 0.6) is 5.75 Å². The maximum Gasteiger partial charge on any atom is 0.242 e. The molecule has 3 amide bonds. The largest absolute Gasteiger partial charge is 0.497 e. The third-order valence-electron chi connectivity index (χ3n) is 5.81. The van der Waals surface area contributed by atoms with Gasteiger partial charge in [-0.25, -0.2) is 0 Å². The molecular weight excluding hydrogens is 382 g/mol. The summed E-state index contributed by atoms with van der Waals surface area (Å²) in [6.45, 7) is 2.34. The lowest BCUT2D eigenvalue weighted by molar-refractivity contribution is -0.145. The van der Waals surface area contributed by atoms with Gasteiger partial charge in [-0.05, 0) is 29.8 Å². The molecule has 1 atom stereocenters. The Morgan fingerprint density at radius 3 is 2.27 bits per heavy atom. The summed E-state index contributed by atoms with van der Waals surface area (Å²) in [5.41, 5.74) is 1.90. The molecule has 0 radical (unpaired) electrons. The van der Waals surface area contributed by atoms with Crippen LogP contribution in [-0.4, -0.2) is 67.4 Å². The second kappa shape index (κ2) is 8.57. The predicted octanol–water partition coefficient (Wildman–Crippen LogP) is 1.89. The molecule has 0 unspecified atom stereocenters. The molecule has 7 heteroatoms. The Hall–Kier alpha value is -3.35. The minimum atomic E-state index is -0.488. The maximum atomic E-state index is 12.8. The van der Waals surface area contributed by atoms with Gasteiger partial charge in [0.15, 0.2) is 0 Å². The monoisotopic (exact) mass is 407 g/mol. The Balaban J connectivity index is 1.33. The fraction of sp³-hybridized carbons (Fsp3) is 0.348. The first-order chi connectivity index (χ1) is 14.6. The van der Waals surface area contributed by atoms with Crippen molar-refractivity contribution in [3.63, 3.8) is 0 Å². The lowest BCUT2D eigenvalue weighted by atomic mass is 9.98. The molecule has 2 aromatic carbocycles. The molecule has 7 nitrogen and oxygen atoms in total. The molecule has 4 rings (SSSR count). The van der Waals surface area contributed by atoms with Crippen molar-refractivity contribution in [3.8, 4) is 5.75 Å². The van der Waals surface area contributed by atoms with Gasteiger partial charge in [0.25, 0.3) is 0 Å². The molecule has 2 heterocycles. The van der Waals surface area contributed by atoms with Crippen LogP contribution in [-0.2, 0) is 14.4 Å². The van der Waals surface area contributed by atoms with Crippen LogP contribution < -0.4 is 9.64 Å². The van der Waals surface area contributed by atoms with Crippen LogP contribution in [0.15, 0.2) is 54.6 Å². The molecule has 30 heavy (non-hydrogen) atoms. The number of ether oxygens (including phenoxy) is 1. The van der Waals surface area contributed by atoms with Crippen molar-refractivity contribution in [3.05, 3.63) is 60.2 Å².